The first-order valence-electron chi connectivity index (χ1n) is 29.1. The molecule has 0 saturated carbocycles. The predicted octanol–water partition coefficient (Wildman–Crippen LogP) is 19.5. The van der Waals surface area contributed by atoms with Gasteiger partial charge in [-0.05, 0) is 97.2 Å². The van der Waals surface area contributed by atoms with Crippen molar-refractivity contribution in [2.24, 2.45) is 38.2 Å². The maximum absolute atomic E-state index is 12.0. The minimum absolute atomic E-state index is 0.231. The van der Waals surface area contributed by atoms with Gasteiger partial charge in [-0.1, -0.05) is 177 Å². The lowest BCUT2D eigenvalue weighted by Gasteiger charge is -2.31. The summed E-state index contributed by atoms with van der Waals surface area (Å²) in [5, 5.41) is 19.4. The molecule has 1 unspecified atom stereocenters. The molecule has 0 aliphatic carbocycles. The highest BCUT2D eigenvalue weighted by Gasteiger charge is 2.21. The molecule has 2 aromatic heterocycles. The van der Waals surface area contributed by atoms with Gasteiger partial charge in [0.25, 0.3) is 0 Å². The zero-order valence-electron chi connectivity index (χ0n) is 48.6. The van der Waals surface area contributed by atoms with Crippen molar-refractivity contribution in [2.45, 2.75) is 133 Å². The Kier molecular flexibility index (Phi) is 27.8. The van der Waals surface area contributed by atoms with E-state index in [1.165, 1.54) is 60.3 Å². The lowest BCUT2D eigenvalue weighted by atomic mass is 9.98. The molecule has 0 saturated heterocycles. The minimum Gasteiger partial charge on any atom is -0.491 e. The van der Waals surface area contributed by atoms with Crippen molar-refractivity contribution in [2.75, 3.05) is 62.4 Å². The summed E-state index contributed by atoms with van der Waals surface area (Å²) in [4.78, 5) is 25.9. The Morgan fingerprint density at radius 1 is 0.625 bits per heavy atom. The van der Waals surface area contributed by atoms with Crippen molar-refractivity contribution in [3.63, 3.8) is 0 Å². The number of carbonyl (C=O) groups excluding carboxylic acids is 1. The molecule has 0 bridgehead atoms. The molecule has 0 radical (unpaired) electrons. The monoisotopic (exact) mass is 1140 g/mol. The van der Waals surface area contributed by atoms with E-state index < -0.39 is 0 Å². The summed E-state index contributed by atoms with van der Waals surface area (Å²) in [5.41, 5.74) is 6.41. The van der Waals surface area contributed by atoms with Crippen LogP contribution in [0.4, 0.5) is 33.0 Å². The molecule has 1 atom stereocenters. The van der Waals surface area contributed by atoms with E-state index in [1.807, 2.05) is 92.7 Å². The number of rotatable bonds is 34. The van der Waals surface area contributed by atoms with Gasteiger partial charge in [0, 0.05) is 57.0 Å². The molecule has 0 aliphatic rings. The molecule has 0 N–H and O–H groups in total. The second-order valence-electron chi connectivity index (χ2n) is 20.5. The lowest BCUT2D eigenvalue weighted by molar-refractivity contribution is -0.135. The number of thiazole rings is 2. The summed E-state index contributed by atoms with van der Waals surface area (Å²) in [5.74, 6) is 2.56. The Morgan fingerprint density at radius 3 is 1.99 bits per heavy atom. The Labute approximate surface area is 489 Å². The van der Waals surface area contributed by atoms with Crippen LogP contribution in [0.25, 0.3) is 20.4 Å². The molecule has 80 heavy (non-hydrogen) atoms. The first-order chi connectivity index (χ1) is 39.0. The summed E-state index contributed by atoms with van der Waals surface area (Å²) < 4.78 is 25.7. The fraction of sp³-hybridized carbons (Fsp3) is 0.484. The fourth-order valence-electron chi connectivity index (χ4n) is 8.91. The topological polar surface area (TPSA) is 136 Å². The van der Waals surface area contributed by atoms with Crippen LogP contribution >= 0.6 is 34.3 Å². The summed E-state index contributed by atoms with van der Waals surface area (Å²) >= 11 is 9.74. The average molecular weight is 1150 g/mol. The summed E-state index contributed by atoms with van der Waals surface area (Å²) in [7, 11) is 0. The highest BCUT2D eigenvalue weighted by Crippen LogP contribution is 2.41. The van der Waals surface area contributed by atoms with Gasteiger partial charge in [0.15, 0.2) is 0 Å². The van der Waals surface area contributed by atoms with Crippen LogP contribution < -0.4 is 19.3 Å². The molecule has 0 amide bonds. The van der Waals surface area contributed by atoms with Gasteiger partial charge in [-0.25, -0.2) is 9.97 Å². The predicted molar refractivity (Wildman–Crippen MR) is 335 cm³/mol. The summed E-state index contributed by atoms with van der Waals surface area (Å²) in [6, 6.07) is 35.8. The first kappa shape index (κ1) is 63.3. The Balaban J connectivity index is 0.000000258. The van der Waals surface area contributed by atoms with Crippen molar-refractivity contribution in [1.82, 2.24) is 9.97 Å². The average Bonchev–Trinajstić information content (AvgIpc) is 4.09. The van der Waals surface area contributed by atoms with Gasteiger partial charge in [-0.15, -0.1) is 20.5 Å². The van der Waals surface area contributed by atoms with Crippen LogP contribution in [0.2, 0.25) is 5.02 Å². The summed E-state index contributed by atoms with van der Waals surface area (Å²) in [6.45, 7) is 24.3. The van der Waals surface area contributed by atoms with Gasteiger partial charge in [-0.2, -0.15) is 0 Å². The molecule has 7 rings (SSSR count). The summed E-state index contributed by atoms with van der Waals surface area (Å²) in [6.07, 6.45) is 11.9. The Morgan fingerprint density at radius 2 is 1.29 bits per heavy atom. The van der Waals surface area contributed by atoms with Crippen LogP contribution in [0.1, 0.15) is 132 Å². The third kappa shape index (κ3) is 21.2. The second kappa shape index (κ2) is 35.1. The standard InChI is InChI=1S/C33H40N4O3S.C31H45ClN4O2S/c1-5-25(6-2)22-37(18-19-39-23-26-10-8-7-9-11-26)28-14-12-27(13-15-28)35-36-33-34-30-17-16-29(21-31(30)41-33)40-32(38)20-24(3)4;1-5-9-13-19-37-20-17-36(23-24(8-4)14-10-6-2)28-21-25(32)27(22-29(28)38-18-7-3)34-35-31-33-26-15-11-12-16-30(26)39-31/h7-17,21,24-25H,5-6,18-20,22-23H2,1-4H3;11-12,15-16,21-22,24H,5-10,13-14,17-20,23H2,1-4H3. The first-order valence-corrected chi connectivity index (χ1v) is 31.1. The number of benzene rings is 5. The number of para-hydroxylation sites is 1. The number of unbranched alkanes of at least 4 members (excludes halogenated alkanes) is 3. The third-order valence-electron chi connectivity index (χ3n) is 13.6. The molecule has 0 spiro atoms. The van der Waals surface area contributed by atoms with E-state index in [1.54, 1.807) is 6.07 Å². The normalized spacial score (nSPS) is 12.0. The van der Waals surface area contributed by atoms with Crippen molar-refractivity contribution >= 4 is 93.7 Å². The van der Waals surface area contributed by atoms with Crippen LogP contribution in [0.15, 0.2) is 130 Å². The minimum atomic E-state index is -0.231. The SMILES string of the molecule is CCC(CC)CN(CCOCc1ccccc1)c1ccc(N=Nc2nc3ccc(OC(=O)CC(C)C)cc3s2)cc1.CCCCCOCCN(CC(CC)CCCC)c1cc(Cl)c(N=Nc2nc3ccccc3s2)cc1OCCC. The number of halogens is 1. The van der Waals surface area contributed by atoms with Crippen LogP contribution in [-0.2, 0) is 20.9 Å². The van der Waals surface area contributed by atoms with E-state index in [0.717, 1.165) is 108 Å². The van der Waals surface area contributed by atoms with Gasteiger partial charge in [0.1, 0.15) is 17.2 Å². The van der Waals surface area contributed by atoms with Crippen molar-refractivity contribution in [1.29, 1.82) is 0 Å². The highest BCUT2D eigenvalue weighted by molar-refractivity contribution is 7.22. The largest absolute Gasteiger partial charge is 0.491 e. The molecule has 5 aromatic carbocycles. The molecule has 16 heteroatoms. The number of fused-ring (bicyclic) bond motifs is 2. The van der Waals surface area contributed by atoms with Gasteiger partial charge < -0.3 is 28.7 Å². The van der Waals surface area contributed by atoms with Crippen molar-refractivity contribution in [3.05, 3.63) is 120 Å². The maximum Gasteiger partial charge on any atom is 0.311 e. The second-order valence-corrected chi connectivity index (χ2v) is 23.0. The number of hydrogen-bond donors (Lipinski definition) is 0. The zero-order valence-corrected chi connectivity index (χ0v) is 51.0. The van der Waals surface area contributed by atoms with Crippen LogP contribution in [-0.4, -0.2) is 68.5 Å². The molecular weight excluding hydrogens is 1060 g/mol. The molecule has 0 fully saturated rings. The number of aromatic nitrogens is 2. The van der Waals surface area contributed by atoms with Crippen LogP contribution in [0.5, 0.6) is 11.5 Å². The van der Waals surface area contributed by atoms with Gasteiger partial charge in [-0.3, -0.25) is 4.79 Å². The van der Waals surface area contributed by atoms with E-state index in [9.17, 15) is 4.79 Å². The number of anilines is 2. The Hall–Kier alpha value is -5.84. The van der Waals surface area contributed by atoms with Gasteiger partial charge >= 0.3 is 5.97 Å². The van der Waals surface area contributed by atoms with Gasteiger partial charge in [0.05, 0.1) is 63.3 Å². The number of hydrogen-bond acceptors (Lipinski definition) is 15. The van der Waals surface area contributed by atoms with Crippen molar-refractivity contribution < 1.29 is 23.7 Å². The molecule has 2 heterocycles. The smallest absolute Gasteiger partial charge is 0.311 e. The van der Waals surface area contributed by atoms with Gasteiger partial charge in [0.2, 0.25) is 10.3 Å². The Bertz CT molecular complexity index is 2910. The number of azo groups is 2. The number of carbonyl (C=O) groups is 1. The van der Waals surface area contributed by atoms with Crippen LogP contribution in [0.3, 0.4) is 0 Å². The molecule has 430 valence electrons. The number of ether oxygens (including phenoxy) is 4. The highest BCUT2D eigenvalue weighted by atomic mass is 35.5. The fourth-order valence-corrected chi connectivity index (χ4v) is 10.7. The third-order valence-corrected chi connectivity index (χ3v) is 15.8. The number of esters is 1. The molecule has 0 aliphatic heterocycles. The number of nitrogens with zero attached hydrogens (tertiary/aromatic N) is 8. The van der Waals surface area contributed by atoms with E-state index in [2.05, 4.69) is 106 Å². The maximum atomic E-state index is 12.0. The van der Waals surface area contributed by atoms with E-state index in [4.69, 9.17) is 30.5 Å². The lowest BCUT2D eigenvalue weighted by Crippen LogP contribution is -2.33. The molecular formula is C64H85ClN8O5S2. The molecule has 7 aromatic rings. The van der Waals surface area contributed by atoms with Crippen molar-refractivity contribution in [3.8, 4) is 11.5 Å². The van der Waals surface area contributed by atoms with E-state index in [0.29, 0.717) is 71.4 Å². The zero-order chi connectivity index (χ0) is 56.9. The van der Waals surface area contributed by atoms with E-state index >= 15 is 0 Å². The molecule has 13 nitrogen and oxygen atoms in total. The van der Waals surface area contributed by atoms with E-state index in [-0.39, 0.29) is 11.9 Å². The van der Waals surface area contributed by atoms with Crippen LogP contribution in [0, 0.1) is 17.8 Å². The quantitative estimate of drug-likeness (QED) is 0.0167.